The minimum atomic E-state index is -4.30. The van der Waals surface area contributed by atoms with Gasteiger partial charge in [0.25, 0.3) is 0 Å². The molecule has 0 aromatic rings. The van der Waals surface area contributed by atoms with Crippen molar-refractivity contribution in [3.63, 3.8) is 0 Å². The summed E-state index contributed by atoms with van der Waals surface area (Å²) < 4.78 is 40.1. The zero-order valence-electron chi connectivity index (χ0n) is 9.96. The lowest BCUT2D eigenvalue weighted by molar-refractivity contribution is -0.138. The Morgan fingerprint density at radius 3 is 2.37 bits per heavy atom. The fourth-order valence-corrected chi connectivity index (χ4v) is 1.33. The summed E-state index contributed by atoms with van der Waals surface area (Å²) in [6.45, 7) is 0.229. The van der Waals surface area contributed by atoms with Gasteiger partial charge in [-0.15, -0.1) is 0 Å². The van der Waals surface area contributed by atoms with Crippen LogP contribution in [0.2, 0.25) is 0 Å². The number of ether oxygens (including phenoxy) is 1. The second-order valence-corrected chi connectivity index (χ2v) is 4.39. The van der Waals surface area contributed by atoms with Crippen molar-refractivity contribution < 1.29 is 32.6 Å². The molecule has 112 valence electrons. The van der Waals surface area contributed by atoms with E-state index in [-0.39, 0.29) is 50.2 Å². The Hall–Kier alpha value is -1.16. The number of carboxylic acids is 1. The number of rotatable bonds is 9. The molecule has 2 amide bonds. The Morgan fingerprint density at radius 2 is 1.79 bits per heavy atom. The number of hydrogen-bond acceptors (Lipinski definition) is 4. The van der Waals surface area contributed by atoms with Gasteiger partial charge in [0, 0.05) is 18.8 Å². The van der Waals surface area contributed by atoms with Gasteiger partial charge in [-0.3, -0.25) is 4.79 Å². The lowest BCUT2D eigenvalue weighted by Crippen LogP contribution is -2.38. The van der Waals surface area contributed by atoms with Gasteiger partial charge in [0.05, 0.1) is 19.6 Å². The first-order valence-corrected chi connectivity index (χ1v) is 6.32. The number of amides is 2. The van der Waals surface area contributed by atoms with Crippen molar-refractivity contribution >= 4 is 23.8 Å². The minimum absolute atomic E-state index is 0.0425. The molecule has 0 fully saturated rings. The predicted octanol–water partition coefficient (Wildman–Crippen LogP) is 1.03. The Bertz CT molecular complexity index is 289. The van der Waals surface area contributed by atoms with Crippen LogP contribution in [0.25, 0.3) is 0 Å². The van der Waals surface area contributed by atoms with E-state index in [1.165, 1.54) is 0 Å². The van der Waals surface area contributed by atoms with Crippen LogP contribution in [0.1, 0.15) is 6.42 Å². The number of alkyl halides is 3. The van der Waals surface area contributed by atoms with Gasteiger partial charge in [-0.25, -0.2) is 4.79 Å². The third-order valence-corrected chi connectivity index (χ3v) is 2.38. The Balaban J connectivity index is 3.33. The molecule has 3 N–H and O–H groups in total. The maximum absolute atomic E-state index is 11.7. The van der Waals surface area contributed by atoms with Crippen LogP contribution in [0.15, 0.2) is 0 Å². The second-order valence-electron chi connectivity index (χ2n) is 3.23. The predicted molar refractivity (Wildman–Crippen MR) is 63.0 cm³/mol. The molecule has 0 saturated carbocycles. The van der Waals surface area contributed by atoms with Crippen molar-refractivity contribution in [2.24, 2.45) is 0 Å². The normalized spacial score (nSPS) is 11.1. The Kier molecular flexibility index (Phi) is 9.13. The monoisotopic (exact) mass is 304 g/mol. The zero-order chi connectivity index (χ0) is 14.7. The van der Waals surface area contributed by atoms with E-state index in [9.17, 15) is 22.8 Å². The fourth-order valence-electron chi connectivity index (χ4n) is 0.892. The summed E-state index contributed by atoms with van der Waals surface area (Å²) in [4.78, 5) is 21.2. The number of hydrogen-bond donors (Lipinski definition) is 3. The van der Waals surface area contributed by atoms with Gasteiger partial charge >= 0.3 is 17.5 Å². The molecule has 0 aliphatic heterocycles. The highest BCUT2D eigenvalue weighted by atomic mass is 32.2. The highest BCUT2D eigenvalue weighted by molar-refractivity contribution is 8.00. The lowest BCUT2D eigenvalue weighted by atomic mass is 10.5. The molecule has 0 aliphatic carbocycles. The first-order chi connectivity index (χ1) is 8.81. The largest absolute Gasteiger partial charge is 0.481 e. The van der Waals surface area contributed by atoms with Gasteiger partial charge in [0.1, 0.15) is 0 Å². The topological polar surface area (TPSA) is 87.7 Å². The first-order valence-electron chi connectivity index (χ1n) is 5.33. The quantitative estimate of drug-likeness (QED) is 0.554. The molecular formula is C9H15F3N2O4S. The fraction of sp³-hybridized carbons (Fsp3) is 0.778. The number of urea groups is 1. The number of halogens is 3. The van der Waals surface area contributed by atoms with Gasteiger partial charge < -0.3 is 20.5 Å². The molecular weight excluding hydrogens is 289 g/mol. The Labute approximate surface area is 112 Å². The average molecular weight is 304 g/mol. The molecule has 0 spiro atoms. The van der Waals surface area contributed by atoms with E-state index in [1.54, 1.807) is 0 Å². The average Bonchev–Trinajstić information content (AvgIpc) is 2.27. The van der Waals surface area contributed by atoms with Crippen molar-refractivity contribution in [1.29, 1.82) is 0 Å². The third kappa shape index (κ3) is 14.8. The number of carbonyl (C=O) groups excluding carboxylic acids is 1. The summed E-state index contributed by atoms with van der Waals surface area (Å²) in [7, 11) is 0. The number of carboxylic acid groups (broad SMARTS) is 1. The first kappa shape index (κ1) is 17.8. The van der Waals surface area contributed by atoms with Crippen LogP contribution in [0.5, 0.6) is 0 Å². The highest BCUT2D eigenvalue weighted by Gasteiger charge is 2.27. The zero-order valence-corrected chi connectivity index (χ0v) is 10.8. The van der Waals surface area contributed by atoms with Crippen LogP contribution in [-0.4, -0.2) is 54.7 Å². The summed E-state index contributed by atoms with van der Waals surface area (Å²) in [6, 6.07) is -0.593. The molecule has 0 aromatic heterocycles. The van der Waals surface area contributed by atoms with Gasteiger partial charge in [-0.05, 0) is 11.8 Å². The summed E-state index contributed by atoms with van der Waals surface area (Å²) in [6.07, 6.45) is -0.124. The molecule has 6 nitrogen and oxygen atoms in total. The SMILES string of the molecule is O=C(O)CCOCCNC(=O)NCCSC(F)(F)F. The minimum Gasteiger partial charge on any atom is -0.481 e. The van der Waals surface area contributed by atoms with E-state index in [1.807, 2.05) is 0 Å². The third-order valence-electron chi connectivity index (χ3n) is 1.65. The summed E-state index contributed by atoms with van der Waals surface area (Å²) in [5.74, 6) is -1.24. The standard InChI is InChI=1S/C9H15F3N2O4S/c10-9(11,12)19-6-3-14-8(17)13-2-5-18-4-1-7(15)16/h1-6H2,(H,15,16)(H2,13,14,17). The number of aliphatic carboxylic acids is 1. The summed E-state index contributed by atoms with van der Waals surface area (Å²) in [5.41, 5.74) is -4.30. The molecule has 0 bridgehead atoms. The van der Waals surface area contributed by atoms with Crippen LogP contribution >= 0.6 is 11.8 Å². The van der Waals surface area contributed by atoms with Crippen molar-refractivity contribution in [2.75, 3.05) is 32.1 Å². The van der Waals surface area contributed by atoms with Crippen LogP contribution in [0.3, 0.4) is 0 Å². The van der Waals surface area contributed by atoms with Crippen molar-refractivity contribution in [3.8, 4) is 0 Å². The molecule has 10 heteroatoms. The number of carbonyl (C=O) groups is 2. The Morgan fingerprint density at radius 1 is 1.16 bits per heavy atom. The van der Waals surface area contributed by atoms with Gasteiger partial charge in [-0.1, -0.05) is 0 Å². The van der Waals surface area contributed by atoms with Gasteiger partial charge in [0.2, 0.25) is 0 Å². The highest BCUT2D eigenvalue weighted by Crippen LogP contribution is 2.29. The molecule has 0 rings (SSSR count). The molecule has 0 radical (unpaired) electrons. The lowest BCUT2D eigenvalue weighted by Gasteiger charge is -2.08. The van der Waals surface area contributed by atoms with E-state index in [2.05, 4.69) is 10.6 Å². The number of nitrogens with one attached hydrogen (secondary N) is 2. The van der Waals surface area contributed by atoms with Crippen LogP contribution < -0.4 is 10.6 Å². The van der Waals surface area contributed by atoms with Crippen molar-refractivity contribution in [3.05, 3.63) is 0 Å². The van der Waals surface area contributed by atoms with Crippen LogP contribution in [-0.2, 0) is 9.53 Å². The molecule has 0 atom stereocenters. The molecule has 0 saturated heterocycles. The molecule has 0 heterocycles. The van der Waals surface area contributed by atoms with Crippen LogP contribution in [0.4, 0.5) is 18.0 Å². The molecule has 0 unspecified atom stereocenters. The van der Waals surface area contributed by atoms with E-state index in [4.69, 9.17) is 9.84 Å². The molecule has 0 aliphatic rings. The van der Waals surface area contributed by atoms with Crippen LogP contribution in [0, 0.1) is 0 Å². The number of thioether (sulfide) groups is 1. The second kappa shape index (κ2) is 9.73. The summed E-state index contributed by atoms with van der Waals surface area (Å²) >= 11 is -0.210. The maximum Gasteiger partial charge on any atom is 0.441 e. The van der Waals surface area contributed by atoms with E-state index >= 15 is 0 Å². The van der Waals surface area contributed by atoms with Gasteiger partial charge in [-0.2, -0.15) is 13.2 Å². The van der Waals surface area contributed by atoms with E-state index in [0.29, 0.717) is 0 Å². The smallest absolute Gasteiger partial charge is 0.441 e. The van der Waals surface area contributed by atoms with Gasteiger partial charge in [0.15, 0.2) is 0 Å². The van der Waals surface area contributed by atoms with E-state index in [0.717, 1.165) is 0 Å². The van der Waals surface area contributed by atoms with E-state index < -0.39 is 17.5 Å². The maximum atomic E-state index is 11.7. The molecule has 0 aromatic carbocycles. The van der Waals surface area contributed by atoms with Crippen molar-refractivity contribution in [2.45, 2.75) is 11.9 Å². The van der Waals surface area contributed by atoms with Crippen molar-refractivity contribution in [1.82, 2.24) is 10.6 Å². The summed E-state index contributed by atoms with van der Waals surface area (Å²) in [5, 5.41) is 12.9. The molecule has 19 heavy (non-hydrogen) atoms.